The van der Waals surface area contributed by atoms with E-state index in [1.54, 1.807) is 32.6 Å². The zero-order chi connectivity index (χ0) is 22.1. The molecular formula is C23H38N2O4. The van der Waals surface area contributed by atoms with Crippen molar-refractivity contribution < 1.29 is 19.1 Å². The van der Waals surface area contributed by atoms with Crippen LogP contribution in [-0.2, 0) is 14.3 Å². The lowest BCUT2D eigenvalue weighted by Crippen LogP contribution is -2.33. The second kappa shape index (κ2) is 15.5. The van der Waals surface area contributed by atoms with Gasteiger partial charge in [-0.1, -0.05) is 50.8 Å². The summed E-state index contributed by atoms with van der Waals surface area (Å²) in [6.07, 6.45) is 7.56. The van der Waals surface area contributed by atoms with Crippen LogP contribution in [-0.4, -0.2) is 37.0 Å². The van der Waals surface area contributed by atoms with E-state index in [9.17, 15) is 14.4 Å². The van der Waals surface area contributed by atoms with Crippen LogP contribution in [0.4, 0.5) is 10.5 Å². The third-order valence-corrected chi connectivity index (χ3v) is 3.83. The lowest BCUT2D eigenvalue weighted by atomic mass is 10.0. The molecule has 0 aromatic heterocycles. The highest BCUT2D eigenvalue weighted by Gasteiger charge is 2.15. The molecule has 0 aliphatic heterocycles. The molecule has 1 N–H and O–H groups in total. The van der Waals surface area contributed by atoms with Gasteiger partial charge in [-0.15, -0.1) is 0 Å². The molecule has 0 saturated heterocycles. The van der Waals surface area contributed by atoms with E-state index in [4.69, 9.17) is 4.74 Å². The fourth-order valence-corrected chi connectivity index (χ4v) is 2.10. The van der Waals surface area contributed by atoms with E-state index in [-0.39, 0.29) is 5.91 Å². The molecule has 0 unspecified atom stereocenters. The van der Waals surface area contributed by atoms with Crippen molar-refractivity contribution in [1.29, 1.82) is 0 Å². The van der Waals surface area contributed by atoms with Crippen LogP contribution in [0, 0.1) is 0 Å². The Labute approximate surface area is 176 Å². The zero-order valence-corrected chi connectivity index (χ0v) is 18.7. The van der Waals surface area contributed by atoms with Crippen molar-refractivity contribution in [2.75, 3.05) is 18.0 Å². The van der Waals surface area contributed by atoms with Gasteiger partial charge in [0.1, 0.15) is 11.9 Å². The smallest absolute Gasteiger partial charge is 0.407 e. The molecule has 0 bridgehead atoms. The maximum atomic E-state index is 11.3. The highest BCUT2D eigenvalue weighted by Crippen LogP contribution is 2.15. The lowest BCUT2D eigenvalue weighted by molar-refractivity contribution is -0.116. The molecule has 1 saturated carbocycles. The second-order valence-electron chi connectivity index (χ2n) is 7.80. The van der Waals surface area contributed by atoms with Crippen molar-refractivity contribution in [2.45, 2.75) is 78.7 Å². The number of carbonyl (C=O) groups is 3. The number of para-hydroxylation sites is 1. The van der Waals surface area contributed by atoms with E-state index in [1.807, 2.05) is 30.3 Å². The van der Waals surface area contributed by atoms with Gasteiger partial charge in [0, 0.05) is 32.1 Å². The highest BCUT2D eigenvalue weighted by molar-refractivity contribution is 5.91. The first-order valence-corrected chi connectivity index (χ1v) is 10.4. The zero-order valence-electron chi connectivity index (χ0n) is 18.7. The molecule has 2 amide bonds. The molecule has 0 radical (unpaired) electrons. The van der Waals surface area contributed by atoms with Crippen molar-refractivity contribution in [3.8, 4) is 0 Å². The van der Waals surface area contributed by atoms with E-state index in [0.29, 0.717) is 13.0 Å². The van der Waals surface area contributed by atoms with Crippen LogP contribution in [0.5, 0.6) is 0 Å². The average molecular weight is 407 g/mol. The van der Waals surface area contributed by atoms with Crippen molar-refractivity contribution in [3.05, 3.63) is 30.3 Å². The number of anilines is 1. The standard InChI is InChI=1S/C11H15NO.C8H15NO3.C4H8/c1-3-9-12(10(2)13)11-7-5-4-6-8-11;1-8(2,3)12-7(11)9-5-4-6-10;1-2-4-3-1/h4-8H,3,9H2,1-2H3;6H,4-5H2,1-3H3,(H,9,11);1-4H2. The number of nitrogens with one attached hydrogen (secondary N) is 1. The van der Waals surface area contributed by atoms with Gasteiger partial charge in [0.15, 0.2) is 0 Å². The Balaban J connectivity index is 0.000000453. The summed E-state index contributed by atoms with van der Waals surface area (Å²) in [4.78, 5) is 33.8. The number of carbonyl (C=O) groups excluding carboxylic acids is 3. The van der Waals surface area contributed by atoms with Gasteiger partial charge >= 0.3 is 6.09 Å². The summed E-state index contributed by atoms with van der Waals surface area (Å²) in [7, 11) is 0. The summed E-state index contributed by atoms with van der Waals surface area (Å²) >= 11 is 0. The Hall–Kier alpha value is -2.37. The van der Waals surface area contributed by atoms with Crippen molar-refractivity contribution >= 4 is 24.0 Å². The number of benzene rings is 1. The van der Waals surface area contributed by atoms with Crippen LogP contribution >= 0.6 is 0 Å². The van der Waals surface area contributed by atoms with Gasteiger partial charge in [-0.3, -0.25) is 4.79 Å². The molecular weight excluding hydrogens is 368 g/mol. The largest absolute Gasteiger partial charge is 0.444 e. The fraction of sp³-hybridized carbons (Fsp3) is 0.609. The lowest BCUT2D eigenvalue weighted by Gasteiger charge is -2.19. The molecule has 0 atom stereocenters. The van der Waals surface area contributed by atoms with Gasteiger partial charge in [-0.2, -0.15) is 0 Å². The number of amides is 2. The van der Waals surface area contributed by atoms with Gasteiger partial charge in [0.2, 0.25) is 5.91 Å². The molecule has 2 rings (SSSR count). The summed E-state index contributed by atoms with van der Waals surface area (Å²) < 4.78 is 4.92. The minimum absolute atomic E-state index is 0.105. The Morgan fingerprint density at radius 3 is 2.03 bits per heavy atom. The fourth-order valence-electron chi connectivity index (χ4n) is 2.10. The first-order valence-electron chi connectivity index (χ1n) is 10.4. The molecule has 1 aliphatic rings. The molecule has 29 heavy (non-hydrogen) atoms. The van der Waals surface area contributed by atoms with Crippen LogP contribution in [0.25, 0.3) is 0 Å². The maximum Gasteiger partial charge on any atom is 0.407 e. The normalized spacial score (nSPS) is 12.0. The van der Waals surface area contributed by atoms with Gasteiger partial charge in [0.05, 0.1) is 0 Å². The van der Waals surface area contributed by atoms with E-state index < -0.39 is 11.7 Å². The number of rotatable bonds is 6. The first kappa shape index (κ1) is 26.6. The molecule has 164 valence electrons. The van der Waals surface area contributed by atoms with E-state index in [1.165, 1.54) is 25.7 Å². The minimum Gasteiger partial charge on any atom is -0.444 e. The molecule has 1 fully saturated rings. The van der Waals surface area contributed by atoms with Crippen molar-refractivity contribution in [2.24, 2.45) is 0 Å². The molecule has 1 aliphatic carbocycles. The Morgan fingerprint density at radius 2 is 1.66 bits per heavy atom. The maximum absolute atomic E-state index is 11.3. The Bertz CT molecular complexity index is 574. The van der Waals surface area contributed by atoms with Crippen molar-refractivity contribution in [1.82, 2.24) is 5.32 Å². The summed E-state index contributed by atoms with van der Waals surface area (Å²) in [6, 6.07) is 9.75. The number of aldehydes is 1. The quantitative estimate of drug-likeness (QED) is 0.526. The topological polar surface area (TPSA) is 75.7 Å². The first-order chi connectivity index (χ1) is 13.7. The van der Waals surface area contributed by atoms with Crippen LogP contribution in [0.15, 0.2) is 30.3 Å². The van der Waals surface area contributed by atoms with E-state index in [0.717, 1.165) is 24.9 Å². The Kier molecular flexibility index (Phi) is 14.3. The molecule has 0 heterocycles. The average Bonchev–Trinajstić information content (AvgIpc) is 2.58. The summed E-state index contributed by atoms with van der Waals surface area (Å²) in [5.41, 5.74) is 0.502. The van der Waals surface area contributed by atoms with E-state index in [2.05, 4.69) is 12.2 Å². The Morgan fingerprint density at radius 1 is 1.10 bits per heavy atom. The minimum atomic E-state index is -0.482. The van der Waals surface area contributed by atoms with Gasteiger partial charge < -0.3 is 19.7 Å². The number of ether oxygens (including phenoxy) is 1. The summed E-state index contributed by atoms with van der Waals surface area (Å²) in [5, 5.41) is 2.45. The molecule has 1 aromatic carbocycles. The number of alkyl carbamates (subject to hydrolysis) is 1. The van der Waals surface area contributed by atoms with Crippen LogP contribution in [0.2, 0.25) is 0 Å². The van der Waals surface area contributed by atoms with E-state index >= 15 is 0 Å². The van der Waals surface area contributed by atoms with Gasteiger partial charge in [-0.25, -0.2) is 4.79 Å². The van der Waals surface area contributed by atoms with Gasteiger partial charge in [-0.05, 0) is 39.3 Å². The van der Waals surface area contributed by atoms with Crippen LogP contribution in [0.3, 0.4) is 0 Å². The number of hydrogen-bond acceptors (Lipinski definition) is 4. The third-order valence-electron chi connectivity index (χ3n) is 3.83. The molecule has 0 spiro atoms. The SMILES string of the molecule is C1CCC1.CC(C)(C)OC(=O)NCCC=O.CCCN(C(C)=O)c1ccccc1. The monoisotopic (exact) mass is 406 g/mol. The number of hydrogen-bond donors (Lipinski definition) is 1. The summed E-state index contributed by atoms with van der Waals surface area (Å²) in [6.45, 7) is 10.1. The predicted molar refractivity (Wildman–Crippen MR) is 118 cm³/mol. The summed E-state index contributed by atoms with van der Waals surface area (Å²) in [5.74, 6) is 0.105. The predicted octanol–water partition coefficient (Wildman–Crippen LogP) is 5.11. The van der Waals surface area contributed by atoms with Crippen molar-refractivity contribution in [3.63, 3.8) is 0 Å². The highest BCUT2D eigenvalue weighted by atomic mass is 16.6. The number of nitrogens with zero attached hydrogens (tertiary/aromatic N) is 1. The second-order valence-corrected chi connectivity index (χ2v) is 7.80. The third kappa shape index (κ3) is 15.3. The molecule has 6 nitrogen and oxygen atoms in total. The van der Waals surface area contributed by atoms with Crippen LogP contribution < -0.4 is 10.2 Å². The molecule has 1 aromatic rings. The molecule has 6 heteroatoms. The van der Waals surface area contributed by atoms with Crippen LogP contribution in [0.1, 0.15) is 73.1 Å². The van der Waals surface area contributed by atoms with Gasteiger partial charge in [0.25, 0.3) is 0 Å².